The zero-order valence-corrected chi connectivity index (χ0v) is 16.1. The second kappa shape index (κ2) is 7.29. The molecule has 152 valence electrons. The fourth-order valence-electron chi connectivity index (χ4n) is 3.47. The second-order valence-corrected chi connectivity index (χ2v) is 6.96. The summed E-state index contributed by atoms with van der Waals surface area (Å²) in [7, 11) is 0. The quantitative estimate of drug-likeness (QED) is 0.468. The van der Waals surface area contributed by atoms with Gasteiger partial charge in [0, 0.05) is 29.0 Å². The van der Waals surface area contributed by atoms with Crippen LogP contribution >= 0.6 is 0 Å². The number of anilines is 1. The summed E-state index contributed by atoms with van der Waals surface area (Å²) >= 11 is 0. The number of benzene rings is 2. The number of carbonyl (C=O) groups excluding carboxylic acids is 1. The third kappa shape index (κ3) is 3.52. The first-order chi connectivity index (χ1) is 14.3. The van der Waals surface area contributed by atoms with E-state index in [1.807, 2.05) is 13.0 Å². The largest absolute Gasteiger partial charge is 0.431 e. The highest BCUT2D eigenvalue weighted by molar-refractivity contribution is 6.12. The predicted octanol–water partition coefficient (Wildman–Crippen LogP) is 5.51. The lowest BCUT2D eigenvalue weighted by Gasteiger charge is -2.11. The molecule has 2 aromatic heterocycles. The fourth-order valence-corrected chi connectivity index (χ4v) is 3.47. The Balaban J connectivity index is 1.71. The number of nitrogens with zero attached hydrogens (tertiary/aromatic N) is 2. The van der Waals surface area contributed by atoms with Crippen LogP contribution in [0.25, 0.3) is 22.0 Å². The average molecular weight is 410 g/mol. The van der Waals surface area contributed by atoms with E-state index in [0.29, 0.717) is 11.1 Å². The van der Waals surface area contributed by atoms with E-state index >= 15 is 0 Å². The summed E-state index contributed by atoms with van der Waals surface area (Å²) < 4.78 is 39.8. The van der Waals surface area contributed by atoms with Crippen LogP contribution in [0.15, 0.2) is 55.1 Å². The maximum Gasteiger partial charge on any atom is 0.431 e. The van der Waals surface area contributed by atoms with Crippen molar-refractivity contribution in [1.82, 2.24) is 15.0 Å². The van der Waals surface area contributed by atoms with Crippen LogP contribution in [-0.2, 0) is 6.18 Å². The number of hydrogen-bond donors (Lipinski definition) is 2. The number of rotatable bonds is 3. The van der Waals surface area contributed by atoms with E-state index in [4.69, 9.17) is 0 Å². The smallest absolute Gasteiger partial charge is 0.350 e. The van der Waals surface area contributed by atoms with Gasteiger partial charge in [-0.25, -0.2) is 9.97 Å². The van der Waals surface area contributed by atoms with Gasteiger partial charge in [0.25, 0.3) is 5.91 Å². The summed E-state index contributed by atoms with van der Waals surface area (Å²) in [6.07, 6.45) is 0.239. The van der Waals surface area contributed by atoms with Crippen LogP contribution in [0.3, 0.4) is 0 Å². The maximum absolute atomic E-state index is 13.3. The highest BCUT2D eigenvalue weighted by atomic mass is 19.4. The second-order valence-electron chi connectivity index (χ2n) is 6.96. The summed E-state index contributed by atoms with van der Waals surface area (Å²) in [6.45, 7) is 3.31. The monoisotopic (exact) mass is 410 g/mol. The summed E-state index contributed by atoms with van der Waals surface area (Å²) in [6, 6.07) is 9.99. The van der Waals surface area contributed by atoms with Gasteiger partial charge in [-0.3, -0.25) is 4.79 Å². The Bertz CT molecular complexity index is 1250. The third-order valence-corrected chi connectivity index (χ3v) is 4.99. The Hall–Kier alpha value is -3.68. The molecule has 30 heavy (non-hydrogen) atoms. The molecule has 0 unspecified atom stereocenters. The lowest BCUT2D eigenvalue weighted by molar-refractivity contribution is -0.141. The number of aromatic amines is 1. The molecule has 0 saturated carbocycles. The van der Waals surface area contributed by atoms with Gasteiger partial charge in [-0.15, -0.1) is 0 Å². The van der Waals surface area contributed by atoms with Crippen molar-refractivity contribution in [2.45, 2.75) is 20.0 Å². The minimum Gasteiger partial charge on any atom is -0.350 e. The lowest BCUT2D eigenvalue weighted by Crippen LogP contribution is -2.13. The molecule has 0 spiro atoms. The molecule has 0 aliphatic heterocycles. The van der Waals surface area contributed by atoms with E-state index in [-0.39, 0.29) is 16.6 Å². The van der Waals surface area contributed by atoms with E-state index in [9.17, 15) is 18.0 Å². The topological polar surface area (TPSA) is 70.7 Å². The van der Waals surface area contributed by atoms with Crippen molar-refractivity contribution >= 4 is 22.5 Å². The van der Waals surface area contributed by atoms with Gasteiger partial charge in [0.05, 0.1) is 11.1 Å². The minimum atomic E-state index is -4.53. The molecule has 0 aliphatic rings. The molecular weight excluding hydrogens is 393 g/mol. The SMILES string of the molecule is Cc1ccc(NC(=O)c2cccc3c(C)c(C(F)(F)F)[nH]c23)cc1-c1cncnc1. The molecule has 2 aromatic carbocycles. The molecule has 0 bridgehead atoms. The van der Waals surface area contributed by atoms with Gasteiger partial charge in [-0.1, -0.05) is 18.2 Å². The normalized spacial score (nSPS) is 11.6. The highest BCUT2D eigenvalue weighted by Crippen LogP contribution is 2.36. The number of amides is 1. The van der Waals surface area contributed by atoms with Crippen LogP contribution in [0, 0.1) is 13.8 Å². The number of hydrogen-bond acceptors (Lipinski definition) is 3. The van der Waals surface area contributed by atoms with Crippen molar-refractivity contribution < 1.29 is 18.0 Å². The molecule has 4 rings (SSSR count). The fraction of sp³-hybridized carbons (Fsp3) is 0.136. The third-order valence-electron chi connectivity index (χ3n) is 4.99. The minimum absolute atomic E-state index is 0.0637. The van der Waals surface area contributed by atoms with E-state index in [0.717, 1.165) is 16.7 Å². The van der Waals surface area contributed by atoms with Crippen LogP contribution in [0.4, 0.5) is 18.9 Å². The molecule has 0 aliphatic carbocycles. The van der Waals surface area contributed by atoms with Crippen LogP contribution in [0.2, 0.25) is 0 Å². The van der Waals surface area contributed by atoms with Gasteiger partial charge >= 0.3 is 6.18 Å². The number of nitrogens with one attached hydrogen (secondary N) is 2. The van der Waals surface area contributed by atoms with Gasteiger partial charge in [-0.05, 0) is 48.7 Å². The molecule has 0 saturated heterocycles. The van der Waals surface area contributed by atoms with Crippen LogP contribution in [-0.4, -0.2) is 20.9 Å². The molecule has 2 heterocycles. The number of halogens is 3. The van der Waals surface area contributed by atoms with Crippen LogP contribution in [0.5, 0.6) is 0 Å². The standard InChI is InChI=1S/C22H17F3N4O/c1-12-6-7-15(8-18(12)14-9-26-11-27-10-14)28-21(30)17-5-3-4-16-13(2)20(22(23,24)25)29-19(16)17/h3-11,29H,1-2H3,(H,28,30). The first-order valence-electron chi connectivity index (χ1n) is 9.11. The number of fused-ring (bicyclic) bond motifs is 1. The van der Waals surface area contributed by atoms with Crippen molar-refractivity contribution in [2.24, 2.45) is 0 Å². The van der Waals surface area contributed by atoms with Crippen LogP contribution in [0.1, 0.15) is 27.2 Å². The molecule has 0 radical (unpaired) electrons. The first-order valence-corrected chi connectivity index (χ1v) is 9.11. The Morgan fingerprint density at radius 3 is 2.50 bits per heavy atom. The number of alkyl halides is 3. The molecule has 8 heteroatoms. The van der Waals surface area contributed by atoms with Gasteiger partial charge in [0.2, 0.25) is 0 Å². The maximum atomic E-state index is 13.3. The van der Waals surface area contributed by atoms with Gasteiger partial charge < -0.3 is 10.3 Å². The summed E-state index contributed by atoms with van der Waals surface area (Å²) in [5.74, 6) is -0.505. The van der Waals surface area contributed by atoms with E-state index in [1.54, 1.807) is 36.7 Å². The van der Waals surface area contributed by atoms with E-state index in [2.05, 4.69) is 20.3 Å². The highest BCUT2D eigenvalue weighted by Gasteiger charge is 2.35. The predicted molar refractivity (Wildman–Crippen MR) is 108 cm³/mol. The summed E-state index contributed by atoms with van der Waals surface area (Å²) in [5.41, 5.74) is 2.64. The molecule has 0 fully saturated rings. The van der Waals surface area contributed by atoms with Crippen LogP contribution < -0.4 is 5.32 Å². The molecule has 4 aromatic rings. The first kappa shape index (κ1) is 19.6. The van der Waals surface area contributed by atoms with Gasteiger partial charge in [0.1, 0.15) is 12.0 Å². The van der Waals surface area contributed by atoms with Gasteiger partial charge in [-0.2, -0.15) is 13.2 Å². The Labute approximate surface area is 170 Å². The average Bonchev–Trinajstić information content (AvgIpc) is 3.07. The number of H-pyrrole nitrogens is 1. The Morgan fingerprint density at radius 1 is 1.07 bits per heavy atom. The summed E-state index contributed by atoms with van der Waals surface area (Å²) in [4.78, 5) is 23.3. The number of aryl methyl sites for hydroxylation is 2. The van der Waals surface area contributed by atoms with Crippen molar-refractivity contribution in [2.75, 3.05) is 5.32 Å². The number of para-hydroxylation sites is 1. The van der Waals surface area contributed by atoms with Gasteiger partial charge in [0.15, 0.2) is 0 Å². The zero-order chi connectivity index (χ0) is 21.5. The molecule has 0 atom stereocenters. The van der Waals surface area contributed by atoms with Crippen molar-refractivity contribution in [3.05, 3.63) is 77.5 Å². The van der Waals surface area contributed by atoms with E-state index in [1.165, 1.54) is 19.3 Å². The van der Waals surface area contributed by atoms with Crippen molar-refractivity contribution in [3.8, 4) is 11.1 Å². The molecule has 1 amide bonds. The summed E-state index contributed by atoms with van der Waals surface area (Å²) in [5, 5.41) is 3.14. The van der Waals surface area contributed by atoms with Crippen molar-refractivity contribution in [1.29, 1.82) is 0 Å². The molecule has 5 nitrogen and oxygen atoms in total. The Morgan fingerprint density at radius 2 is 1.80 bits per heavy atom. The van der Waals surface area contributed by atoms with E-state index < -0.39 is 17.8 Å². The number of aromatic nitrogens is 3. The lowest BCUT2D eigenvalue weighted by atomic mass is 10.0. The zero-order valence-electron chi connectivity index (χ0n) is 16.1. The Kier molecular flexibility index (Phi) is 4.77. The van der Waals surface area contributed by atoms with Crippen molar-refractivity contribution in [3.63, 3.8) is 0 Å². The number of carbonyl (C=O) groups is 1. The molecule has 2 N–H and O–H groups in total. The molecular formula is C22H17F3N4O.